The predicted molar refractivity (Wildman–Crippen MR) is 130 cm³/mol. The number of rotatable bonds is 29. The summed E-state index contributed by atoms with van der Waals surface area (Å²) in [5.41, 5.74) is 0. The highest BCUT2D eigenvalue weighted by atomic mass is 31.2. The van der Waals surface area contributed by atoms with Crippen molar-refractivity contribution < 1.29 is 47.3 Å². The molecule has 0 atom stereocenters. The number of unbranched alkanes of at least 4 members (excludes halogenated alkanes) is 8. The van der Waals surface area contributed by atoms with Gasteiger partial charge in [-0.25, -0.2) is 4.57 Å². The van der Waals surface area contributed by atoms with Gasteiger partial charge < -0.3 is 38.2 Å². The fourth-order valence-electron chi connectivity index (χ4n) is 2.93. The summed E-state index contributed by atoms with van der Waals surface area (Å²) in [6.45, 7) is 7.87. The van der Waals surface area contributed by atoms with Crippen LogP contribution in [0.4, 0.5) is 0 Å². The van der Waals surface area contributed by atoms with E-state index >= 15 is 0 Å². The van der Waals surface area contributed by atoms with Crippen molar-refractivity contribution in [1.29, 1.82) is 0 Å². The molecule has 0 aromatic heterocycles. The van der Waals surface area contributed by atoms with Crippen LogP contribution in [0.5, 0.6) is 0 Å². The molecule has 0 aromatic rings. The molecule has 206 valence electrons. The van der Waals surface area contributed by atoms with Crippen LogP contribution in [0.15, 0.2) is 0 Å². The number of ether oxygens (including phenoxy) is 6. The lowest BCUT2D eigenvalue weighted by atomic mass is 10.1. The van der Waals surface area contributed by atoms with Crippen LogP contribution < -0.4 is 0 Å². The van der Waals surface area contributed by atoms with Crippen molar-refractivity contribution in [3.05, 3.63) is 0 Å². The first-order valence-electron chi connectivity index (χ1n) is 12.7. The van der Waals surface area contributed by atoms with Crippen LogP contribution in [-0.2, 0) is 37.5 Å². The van der Waals surface area contributed by atoms with E-state index in [2.05, 4.69) is 11.4 Å². The van der Waals surface area contributed by atoms with Crippen molar-refractivity contribution in [3.8, 4) is 0 Å². The molecular weight excluding hydrogens is 467 g/mol. The minimum atomic E-state index is -4.42. The SMILES string of the molecule is CCCCCCCCCCCOCCOCCOCCOCCOCCOCCOP(=O)(O)O. The summed E-state index contributed by atoms with van der Waals surface area (Å²) in [5.74, 6) is 0. The zero-order chi connectivity index (χ0) is 25.0. The normalized spacial score (nSPS) is 12.0. The Balaban J connectivity index is 3.03. The Morgan fingerprint density at radius 3 is 1.09 bits per heavy atom. The van der Waals surface area contributed by atoms with Gasteiger partial charge >= 0.3 is 7.82 Å². The van der Waals surface area contributed by atoms with Gasteiger partial charge in [0.2, 0.25) is 0 Å². The van der Waals surface area contributed by atoms with Crippen LogP contribution >= 0.6 is 7.82 Å². The van der Waals surface area contributed by atoms with Gasteiger partial charge in [-0.2, -0.15) is 0 Å². The van der Waals surface area contributed by atoms with Crippen LogP contribution in [0.1, 0.15) is 64.7 Å². The average Bonchev–Trinajstić information content (AvgIpc) is 2.80. The summed E-state index contributed by atoms with van der Waals surface area (Å²) in [6, 6.07) is 0. The average molecular weight is 517 g/mol. The van der Waals surface area contributed by atoms with Crippen LogP contribution in [0, 0.1) is 0 Å². The van der Waals surface area contributed by atoms with Crippen LogP contribution in [0.3, 0.4) is 0 Å². The number of hydrogen-bond donors (Lipinski definition) is 2. The lowest BCUT2D eigenvalue weighted by Gasteiger charge is -2.08. The largest absolute Gasteiger partial charge is 0.469 e. The molecule has 0 amide bonds. The molecule has 2 N–H and O–H groups in total. The molecule has 0 spiro atoms. The molecule has 0 saturated heterocycles. The van der Waals surface area contributed by atoms with E-state index in [9.17, 15) is 4.57 Å². The first-order chi connectivity index (χ1) is 16.6. The summed E-state index contributed by atoms with van der Waals surface area (Å²) in [5, 5.41) is 0. The molecule has 0 aliphatic rings. The maximum Gasteiger partial charge on any atom is 0.469 e. The first kappa shape index (κ1) is 33.9. The Bertz CT molecular complexity index is 436. The fourth-order valence-corrected chi connectivity index (χ4v) is 3.24. The van der Waals surface area contributed by atoms with E-state index in [0.29, 0.717) is 66.1 Å². The van der Waals surface area contributed by atoms with Gasteiger partial charge in [-0.05, 0) is 6.42 Å². The van der Waals surface area contributed by atoms with Gasteiger partial charge in [-0.3, -0.25) is 4.52 Å². The molecule has 0 aliphatic carbocycles. The van der Waals surface area contributed by atoms with Crippen LogP contribution in [-0.4, -0.2) is 95.7 Å². The molecule has 0 aromatic carbocycles. The van der Waals surface area contributed by atoms with Crippen molar-refractivity contribution in [2.75, 3.05) is 85.9 Å². The molecule has 0 unspecified atom stereocenters. The van der Waals surface area contributed by atoms with Crippen molar-refractivity contribution in [2.24, 2.45) is 0 Å². The quantitative estimate of drug-likeness (QED) is 0.112. The second kappa shape index (κ2) is 27.5. The highest BCUT2D eigenvalue weighted by Crippen LogP contribution is 2.35. The van der Waals surface area contributed by atoms with Gasteiger partial charge in [0.25, 0.3) is 0 Å². The molecular formula is C23H49O10P. The Labute approximate surface area is 206 Å². The maximum atomic E-state index is 10.4. The summed E-state index contributed by atoms with van der Waals surface area (Å²) in [7, 11) is -4.42. The summed E-state index contributed by atoms with van der Waals surface area (Å²) < 4.78 is 47.0. The van der Waals surface area contributed by atoms with E-state index in [0.717, 1.165) is 13.0 Å². The maximum absolute atomic E-state index is 10.4. The van der Waals surface area contributed by atoms with Crippen LogP contribution in [0.25, 0.3) is 0 Å². The van der Waals surface area contributed by atoms with Gasteiger partial charge in [0.15, 0.2) is 0 Å². The van der Waals surface area contributed by atoms with Crippen molar-refractivity contribution in [3.63, 3.8) is 0 Å². The van der Waals surface area contributed by atoms with Gasteiger partial charge in [0, 0.05) is 6.61 Å². The fraction of sp³-hybridized carbons (Fsp3) is 1.00. The van der Waals surface area contributed by atoms with E-state index in [1.807, 2.05) is 0 Å². The molecule has 34 heavy (non-hydrogen) atoms. The zero-order valence-electron chi connectivity index (χ0n) is 21.2. The molecule has 0 aliphatic heterocycles. The Hall–Kier alpha value is -0.130. The number of hydrogen-bond acceptors (Lipinski definition) is 8. The third-order valence-corrected chi connectivity index (χ3v) is 5.26. The molecule has 11 heteroatoms. The Morgan fingerprint density at radius 2 is 0.735 bits per heavy atom. The minimum absolute atomic E-state index is 0.0956. The lowest BCUT2D eigenvalue weighted by molar-refractivity contribution is -0.0182. The predicted octanol–water partition coefficient (Wildman–Crippen LogP) is 3.73. The zero-order valence-corrected chi connectivity index (χ0v) is 22.1. The highest BCUT2D eigenvalue weighted by molar-refractivity contribution is 7.46. The molecule has 0 rings (SSSR count). The van der Waals surface area contributed by atoms with E-state index in [1.54, 1.807) is 0 Å². The van der Waals surface area contributed by atoms with Gasteiger partial charge in [-0.15, -0.1) is 0 Å². The second-order valence-corrected chi connectivity index (χ2v) is 9.07. The Kier molecular flexibility index (Phi) is 27.4. The van der Waals surface area contributed by atoms with Gasteiger partial charge in [0.1, 0.15) is 0 Å². The van der Waals surface area contributed by atoms with Crippen LogP contribution in [0.2, 0.25) is 0 Å². The molecule has 0 fully saturated rings. The van der Waals surface area contributed by atoms with Gasteiger partial charge in [-0.1, -0.05) is 58.3 Å². The number of phosphoric acid groups is 1. The molecule has 0 radical (unpaired) electrons. The lowest BCUT2D eigenvalue weighted by Crippen LogP contribution is -2.14. The van der Waals surface area contributed by atoms with Gasteiger partial charge in [0.05, 0.1) is 79.3 Å². The van der Waals surface area contributed by atoms with E-state index in [4.69, 9.17) is 38.2 Å². The third-order valence-electron chi connectivity index (χ3n) is 4.74. The standard InChI is InChI=1S/C23H49O10P/c1-2-3-4-5-6-7-8-9-10-11-27-12-13-28-14-15-29-16-17-30-18-19-31-20-21-32-22-23-33-34(24,25)26/h2-23H2,1H3,(H2,24,25,26). The summed E-state index contributed by atoms with van der Waals surface area (Å²) in [6.07, 6.45) is 11.9. The smallest absolute Gasteiger partial charge is 0.379 e. The number of phosphoric ester groups is 1. The van der Waals surface area contributed by atoms with E-state index in [1.165, 1.54) is 51.4 Å². The molecule has 0 heterocycles. The topological polar surface area (TPSA) is 122 Å². The molecule has 0 saturated carbocycles. The van der Waals surface area contributed by atoms with E-state index < -0.39 is 7.82 Å². The van der Waals surface area contributed by atoms with Crippen molar-refractivity contribution >= 4 is 7.82 Å². The van der Waals surface area contributed by atoms with E-state index in [-0.39, 0.29) is 13.2 Å². The molecule has 10 nitrogen and oxygen atoms in total. The monoisotopic (exact) mass is 516 g/mol. The molecule has 0 bridgehead atoms. The summed E-state index contributed by atoms with van der Waals surface area (Å²) in [4.78, 5) is 17.0. The highest BCUT2D eigenvalue weighted by Gasteiger charge is 2.12. The Morgan fingerprint density at radius 1 is 0.441 bits per heavy atom. The first-order valence-corrected chi connectivity index (χ1v) is 14.3. The summed E-state index contributed by atoms with van der Waals surface area (Å²) >= 11 is 0. The second-order valence-electron chi connectivity index (χ2n) is 7.83. The van der Waals surface area contributed by atoms with Crippen molar-refractivity contribution in [1.82, 2.24) is 0 Å². The van der Waals surface area contributed by atoms with Crippen molar-refractivity contribution in [2.45, 2.75) is 64.7 Å². The minimum Gasteiger partial charge on any atom is -0.379 e. The third kappa shape index (κ3) is 31.9.